The van der Waals surface area contributed by atoms with Crippen LogP contribution in [0.5, 0.6) is 11.5 Å². The topological polar surface area (TPSA) is 141 Å². The van der Waals surface area contributed by atoms with E-state index in [1.807, 2.05) is 57.6 Å². The average Bonchev–Trinajstić information content (AvgIpc) is 3.86. The molecule has 10 rings (SSSR count). The van der Waals surface area contributed by atoms with E-state index in [2.05, 4.69) is 0 Å². The highest BCUT2D eigenvalue weighted by Crippen LogP contribution is 2.51. The fraction of sp³-hybridized carbons (Fsp3) is 0.316. The molecule has 13 nitrogen and oxygen atoms in total. The summed E-state index contributed by atoms with van der Waals surface area (Å²) in [7, 11) is 3.25. The number of fused-ring (bicyclic) bond motifs is 4. The number of esters is 2. The molecule has 0 unspecified atom stereocenters. The molecule has 51 heavy (non-hydrogen) atoms. The molecule has 0 spiro atoms. The number of hydrogen-bond donors (Lipinski definition) is 0. The van der Waals surface area contributed by atoms with E-state index in [1.54, 1.807) is 26.4 Å². The zero-order valence-corrected chi connectivity index (χ0v) is 28.0. The van der Waals surface area contributed by atoms with Crippen LogP contribution in [0.15, 0.2) is 60.7 Å². The second kappa shape index (κ2) is 10.8. The molecule has 2 saturated carbocycles. The summed E-state index contributed by atoms with van der Waals surface area (Å²) < 4.78 is 32.0. The number of pyridine rings is 2. The molecule has 256 valence electrons. The van der Waals surface area contributed by atoms with Gasteiger partial charge in [0, 0.05) is 22.3 Å². The van der Waals surface area contributed by atoms with Crippen LogP contribution >= 0.6 is 0 Å². The molecule has 0 bridgehead atoms. The Morgan fingerprint density at radius 1 is 0.647 bits per heavy atom. The zero-order valence-electron chi connectivity index (χ0n) is 28.0. The third kappa shape index (κ3) is 4.64. The van der Waals surface area contributed by atoms with Crippen LogP contribution < -0.4 is 9.47 Å². The zero-order chi connectivity index (χ0) is 34.5. The summed E-state index contributed by atoms with van der Waals surface area (Å²) in [6.07, 6.45) is 3.66. The van der Waals surface area contributed by atoms with E-state index in [1.165, 1.54) is 0 Å². The molecule has 2 aromatic carbocycles. The minimum Gasteiger partial charge on any atom is -0.493 e. The quantitative estimate of drug-likeness (QED) is 0.175. The standard InChI is InChI=1S/C38H32N6O7/c1-47-29-9-7-27(21-3-5-25-23(15-21)17-50-33(25)45)43-31(29)39-35(41-43)37(11-12-37)19-49-20-38(13-14-38)36-40-32-30(48-2)10-8-28(44(32)42-36)22-4-6-26-24(16-22)18-51-34(26)46/h3-10,15-16H,11-14,17-20H2,1-2H3. The maximum atomic E-state index is 12.0. The number of ether oxygens (including phenoxy) is 5. The number of carbonyl (C=O) groups is 2. The van der Waals surface area contributed by atoms with Gasteiger partial charge in [-0.1, -0.05) is 12.1 Å². The molecular formula is C38H32N6O7. The lowest BCUT2D eigenvalue weighted by atomic mass is 10.0. The summed E-state index contributed by atoms with van der Waals surface area (Å²) >= 11 is 0. The Morgan fingerprint density at radius 3 is 1.51 bits per heavy atom. The van der Waals surface area contributed by atoms with Gasteiger partial charge < -0.3 is 23.7 Å². The van der Waals surface area contributed by atoms with E-state index in [4.69, 9.17) is 43.8 Å². The monoisotopic (exact) mass is 684 g/mol. The van der Waals surface area contributed by atoms with E-state index in [9.17, 15) is 9.59 Å². The molecule has 0 N–H and O–H groups in total. The van der Waals surface area contributed by atoms with Gasteiger partial charge in [0.2, 0.25) is 0 Å². The molecule has 4 aliphatic rings. The first-order valence-electron chi connectivity index (χ1n) is 17.0. The Balaban J connectivity index is 0.920. The van der Waals surface area contributed by atoms with Crippen molar-refractivity contribution in [1.29, 1.82) is 0 Å². The summed E-state index contributed by atoms with van der Waals surface area (Å²) in [6.45, 7) is 1.47. The Bertz CT molecular complexity index is 2290. The molecule has 6 aromatic rings. The van der Waals surface area contributed by atoms with Crippen molar-refractivity contribution >= 4 is 23.2 Å². The number of nitrogens with zero attached hydrogens (tertiary/aromatic N) is 6. The normalized spacial score (nSPS) is 17.7. The van der Waals surface area contributed by atoms with Crippen LogP contribution in [0.4, 0.5) is 0 Å². The van der Waals surface area contributed by atoms with E-state index in [0.29, 0.717) is 47.1 Å². The van der Waals surface area contributed by atoms with Gasteiger partial charge >= 0.3 is 11.9 Å². The van der Waals surface area contributed by atoms with Gasteiger partial charge in [-0.2, -0.15) is 0 Å². The predicted octanol–water partition coefficient (Wildman–Crippen LogP) is 5.24. The van der Waals surface area contributed by atoms with Gasteiger partial charge in [-0.3, -0.25) is 0 Å². The van der Waals surface area contributed by atoms with E-state index in [0.717, 1.165) is 71.0 Å². The smallest absolute Gasteiger partial charge is 0.338 e. The lowest BCUT2D eigenvalue weighted by molar-refractivity contribution is 0.0526. The Labute approximate surface area is 291 Å². The minimum atomic E-state index is -0.302. The van der Waals surface area contributed by atoms with Crippen molar-refractivity contribution < 1.29 is 33.3 Å². The fourth-order valence-electron chi connectivity index (χ4n) is 7.28. The molecule has 0 saturated heterocycles. The van der Waals surface area contributed by atoms with Crippen LogP contribution in [-0.4, -0.2) is 68.6 Å². The molecule has 2 aliphatic heterocycles. The van der Waals surface area contributed by atoms with Gasteiger partial charge in [-0.15, -0.1) is 10.2 Å². The first kappa shape index (κ1) is 30.0. The molecule has 6 heterocycles. The average molecular weight is 685 g/mol. The van der Waals surface area contributed by atoms with Gasteiger partial charge in [0.05, 0.1) is 60.8 Å². The fourth-order valence-corrected chi connectivity index (χ4v) is 7.28. The number of aromatic nitrogens is 6. The van der Waals surface area contributed by atoms with E-state index >= 15 is 0 Å². The Hall–Kier alpha value is -5.82. The predicted molar refractivity (Wildman–Crippen MR) is 181 cm³/mol. The second-order valence-electron chi connectivity index (χ2n) is 13.9. The molecule has 2 fully saturated rings. The first-order valence-corrected chi connectivity index (χ1v) is 17.0. The molecule has 0 amide bonds. The molecule has 0 radical (unpaired) electrons. The summed E-state index contributed by atoms with van der Waals surface area (Å²) in [5, 5.41) is 10.0. The largest absolute Gasteiger partial charge is 0.493 e. The highest BCUT2D eigenvalue weighted by molar-refractivity contribution is 5.94. The van der Waals surface area contributed by atoms with Gasteiger partial charge in [-0.25, -0.2) is 28.6 Å². The van der Waals surface area contributed by atoms with Crippen molar-refractivity contribution in [2.45, 2.75) is 49.7 Å². The van der Waals surface area contributed by atoms with E-state index < -0.39 is 0 Å². The van der Waals surface area contributed by atoms with Crippen LogP contribution in [-0.2, 0) is 38.3 Å². The molecule has 4 aromatic heterocycles. The highest BCUT2D eigenvalue weighted by atomic mass is 16.5. The van der Waals surface area contributed by atoms with Crippen LogP contribution in [0.25, 0.3) is 33.8 Å². The SMILES string of the molecule is COc1ccc(-c2ccc3c(c2)COC3=O)n2nc(C3(COCC4(c5nc6c(OC)ccc(-c7ccc8c(c7)COC8=O)n6n5)CC4)CC3)nc12. The van der Waals surface area contributed by atoms with Gasteiger partial charge in [-0.05, 0) is 74.2 Å². The summed E-state index contributed by atoms with van der Waals surface area (Å²) in [5.74, 6) is 2.10. The third-order valence-electron chi connectivity index (χ3n) is 10.7. The Kier molecular flexibility index (Phi) is 6.38. The van der Waals surface area contributed by atoms with Gasteiger partial charge in [0.25, 0.3) is 0 Å². The lowest BCUT2D eigenvalue weighted by Gasteiger charge is -2.16. The van der Waals surface area contributed by atoms with Crippen LogP contribution in [0.2, 0.25) is 0 Å². The molecule has 2 aliphatic carbocycles. The second-order valence-corrected chi connectivity index (χ2v) is 13.9. The van der Waals surface area contributed by atoms with Crippen LogP contribution in [0, 0.1) is 0 Å². The number of benzene rings is 2. The van der Waals surface area contributed by atoms with Crippen molar-refractivity contribution in [2.75, 3.05) is 27.4 Å². The Morgan fingerprint density at radius 2 is 1.10 bits per heavy atom. The van der Waals surface area contributed by atoms with E-state index in [-0.39, 0.29) is 36.0 Å². The van der Waals surface area contributed by atoms with Crippen molar-refractivity contribution in [3.05, 3.63) is 94.6 Å². The van der Waals surface area contributed by atoms with Crippen LogP contribution in [0.3, 0.4) is 0 Å². The summed E-state index contributed by atoms with van der Waals surface area (Å²) in [6, 6.07) is 19.1. The molecule has 13 heteroatoms. The lowest BCUT2D eigenvalue weighted by Crippen LogP contribution is -2.23. The van der Waals surface area contributed by atoms with Crippen LogP contribution in [0.1, 0.15) is 69.2 Å². The number of rotatable bonds is 10. The summed E-state index contributed by atoms with van der Waals surface area (Å²) in [5.41, 5.74) is 7.06. The van der Waals surface area contributed by atoms with Crippen molar-refractivity contribution in [2.24, 2.45) is 0 Å². The number of methoxy groups -OCH3 is 2. The van der Waals surface area contributed by atoms with Gasteiger partial charge in [0.1, 0.15) is 13.2 Å². The minimum absolute atomic E-state index is 0.263. The van der Waals surface area contributed by atoms with Crippen molar-refractivity contribution in [1.82, 2.24) is 29.2 Å². The highest BCUT2D eigenvalue weighted by Gasteiger charge is 2.52. The van der Waals surface area contributed by atoms with Gasteiger partial charge in [0.15, 0.2) is 34.4 Å². The number of cyclic esters (lactones) is 2. The maximum absolute atomic E-state index is 12.0. The first-order chi connectivity index (χ1) is 24.9. The van der Waals surface area contributed by atoms with Crippen molar-refractivity contribution in [3.63, 3.8) is 0 Å². The molecular weight excluding hydrogens is 652 g/mol. The maximum Gasteiger partial charge on any atom is 0.338 e. The molecule has 0 atom stereocenters. The van der Waals surface area contributed by atoms with Crippen molar-refractivity contribution in [3.8, 4) is 34.0 Å². The summed E-state index contributed by atoms with van der Waals surface area (Å²) in [4.78, 5) is 34.0. The third-order valence-corrected chi connectivity index (χ3v) is 10.7. The number of carbonyl (C=O) groups excluding carboxylic acids is 2. The number of hydrogen-bond acceptors (Lipinski definition) is 11.